The molecule has 24 heavy (non-hydrogen) atoms. The molecule has 138 valence electrons. The number of benzene rings is 1. The fourth-order valence-corrected chi connectivity index (χ4v) is 3.34. The zero-order valence-corrected chi connectivity index (χ0v) is 15.4. The molecule has 1 fully saturated rings. The molecule has 1 N–H and O–H groups in total. The van der Waals surface area contributed by atoms with Gasteiger partial charge in [0.05, 0.1) is 5.56 Å². The Morgan fingerprint density at radius 1 is 1.21 bits per heavy atom. The van der Waals surface area contributed by atoms with Crippen molar-refractivity contribution in [2.75, 3.05) is 26.2 Å². The lowest BCUT2D eigenvalue weighted by Crippen LogP contribution is -2.45. The summed E-state index contributed by atoms with van der Waals surface area (Å²) in [5, 5.41) is 3.71. The molecule has 0 aromatic heterocycles. The molecular formula is C17H25Cl2F3N2. The molecule has 0 unspecified atom stereocenters. The van der Waals surface area contributed by atoms with Crippen LogP contribution in [0.15, 0.2) is 18.2 Å². The standard InChI is InChI=1S/C17H24ClF3N2.ClH/c1-2-3-4-5-16(23-10-8-22-9-11-23)14-12-13(17(19,20)21)6-7-15(14)18;/h6-7,12,16,22H,2-5,8-11H2,1H3;1H/t16-;/m0./s1. The van der Waals surface area contributed by atoms with Crippen LogP contribution in [0, 0.1) is 0 Å². The van der Waals surface area contributed by atoms with E-state index in [0.717, 1.165) is 57.9 Å². The lowest BCUT2D eigenvalue weighted by atomic mass is 9.96. The second kappa shape index (κ2) is 9.85. The average Bonchev–Trinajstić information content (AvgIpc) is 2.52. The first kappa shape index (κ1) is 21.6. The van der Waals surface area contributed by atoms with Crippen LogP contribution in [0.4, 0.5) is 13.2 Å². The maximum Gasteiger partial charge on any atom is 0.416 e. The van der Waals surface area contributed by atoms with Gasteiger partial charge in [0.2, 0.25) is 0 Å². The van der Waals surface area contributed by atoms with Crippen molar-refractivity contribution in [3.05, 3.63) is 34.3 Å². The Balaban J connectivity index is 0.00000288. The second-order valence-electron chi connectivity index (χ2n) is 6.03. The number of halogens is 5. The fourth-order valence-electron chi connectivity index (χ4n) is 3.09. The third-order valence-electron chi connectivity index (χ3n) is 4.36. The van der Waals surface area contributed by atoms with Crippen molar-refractivity contribution in [1.82, 2.24) is 10.2 Å². The number of unbranched alkanes of at least 4 members (excludes halogenated alkanes) is 2. The highest BCUT2D eigenvalue weighted by molar-refractivity contribution is 6.31. The van der Waals surface area contributed by atoms with Crippen LogP contribution in [0.1, 0.15) is 49.8 Å². The van der Waals surface area contributed by atoms with Gasteiger partial charge in [-0.05, 0) is 30.2 Å². The zero-order chi connectivity index (χ0) is 16.9. The van der Waals surface area contributed by atoms with Gasteiger partial charge in [-0.3, -0.25) is 4.90 Å². The van der Waals surface area contributed by atoms with Crippen LogP contribution >= 0.6 is 24.0 Å². The summed E-state index contributed by atoms with van der Waals surface area (Å²) in [7, 11) is 0. The van der Waals surface area contributed by atoms with E-state index in [2.05, 4.69) is 17.1 Å². The van der Waals surface area contributed by atoms with E-state index in [0.29, 0.717) is 10.6 Å². The third kappa shape index (κ3) is 5.80. The first-order valence-electron chi connectivity index (χ1n) is 8.25. The minimum Gasteiger partial charge on any atom is -0.314 e. The Morgan fingerprint density at radius 3 is 2.46 bits per heavy atom. The third-order valence-corrected chi connectivity index (χ3v) is 4.70. The van der Waals surface area contributed by atoms with Crippen LogP contribution in [-0.4, -0.2) is 31.1 Å². The van der Waals surface area contributed by atoms with Crippen molar-refractivity contribution < 1.29 is 13.2 Å². The van der Waals surface area contributed by atoms with E-state index in [1.54, 1.807) is 0 Å². The van der Waals surface area contributed by atoms with Crippen LogP contribution in [0.25, 0.3) is 0 Å². The summed E-state index contributed by atoms with van der Waals surface area (Å²) in [6.45, 7) is 5.52. The van der Waals surface area contributed by atoms with E-state index in [-0.39, 0.29) is 18.4 Å². The van der Waals surface area contributed by atoms with Crippen molar-refractivity contribution in [2.45, 2.75) is 44.8 Å². The van der Waals surface area contributed by atoms with Crippen molar-refractivity contribution >= 4 is 24.0 Å². The Hall–Kier alpha value is -0.490. The molecule has 0 saturated carbocycles. The largest absolute Gasteiger partial charge is 0.416 e. The molecule has 0 bridgehead atoms. The Labute approximate surface area is 153 Å². The molecule has 1 heterocycles. The maximum absolute atomic E-state index is 13.0. The molecule has 2 rings (SSSR count). The highest BCUT2D eigenvalue weighted by atomic mass is 35.5. The number of piperazine rings is 1. The number of nitrogens with zero attached hydrogens (tertiary/aromatic N) is 1. The molecule has 0 radical (unpaired) electrons. The summed E-state index contributed by atoms with van der Waals surface area (Å²) in [4.78, 5) is 2.26. The normalized spacial score (nSPS) is 17.4. The molecular weight excluding hydrogens is 360 g/mol. The van der Waals surface area contributed by atoms with Crippen molar-refractivity contribution in [3.63, 3.8) is 0 Å². The first-order chi connectivity index (χ1) is 10.9. The van der Waals surface area contributed by atoms with Gasteiger partial charge in [-0.15, -0.1) is 12.4 Å². The topological polar surface area (TPSA) is 15.3 Å². The number of nitrogens with one attached hydrogen (secondary N) is 1. The number of hydrogen-bond donors (Lipinski definition) is 1. The van der Waals surface area contributed by atoms with Crippen molar-refractivity contribution in [2.24, 2.45) is 0 Å². The average molecular weight is 385 g/mol. The fraction of sp³-hybridized carbons (Fsp3) is 0.647. The predicted molar refractivity (Wildman–Crippen MR) is 95.0 cm³/mol. The summed E-state index contributed by atoms with van der Waals surface area (Å²) >= 11 is 6.26. The van der Waals surface area contributed by atoms with E-state index in [9.17, 15) is 13.2 Å². The first-order valence-corrected chi connectivity index (χ1v) is 8.62. The molecule has 0 spiro atoms. The summed E-state index contributed by atoms with van der Waals surface area (Å²) in [5.41, 5.74) is -0.00739. The molecule has 0 amide bonds. The van der Waals surface area contributed by atoms with Crippen LogP contribution in [0.3, 0.4) is 0 Å². The summed E-state index contributed by atoms with van der Waals surface area (Å²) in [6, 6.07) is 3.64. The molecule has 1 aromatic carbocycles. The van der Waals surface area contributed by atoms with Crippen molar-refractivity contribution in [1.29, 1.82) is 0 Å². The lowest BCUT2D eigenvalue weighted by molar-refractivity contribution is -0.137. The molecule has 1 aromatic rings. The number of alkyl halides is 3. The van der Waals surface area contributed by atoms with E-state index < -0.39 is 11.7 Å². The molecule has 1 atom stereocenters. The number of hydrogen-bond acceptors (Lipinski definition) is 2. The van der Waals surface area contributed by atoms with E-state index in [4.69, 9.17) is 11.6 Å². The van der Waals surface area contributed by atoms with E-state index >= 15 is 0 Å². The maximum atomic E-state index is 13.0. The molecule has 0 aliphatic carbocycles. The molecule has 1 aliphatic heterocycles. The monoisotopic (exact) mass is 384 g/mol. The van der Waals surface area contributed by atoms with Gasteiger partial charge in [0, 0.05) is 37.2 Å². The van der Waals surface area contributed by atoms with Gasteiger partial charge in [0.15, 0.2) is 0 Å². The lowest BCUT2D eigenvalue weighted by Gasteiger charge is -2.36. The Bertz CT molecular complexity index is 503. The van der Waals surface area contributed by atoms with Gasteiger partial charge in [0.1, 0.15) is 0 Å². The number of rotatable bonds is 6. The van der Waals surface area contributed by atoms with Gasteiger partial charge >= 0.3 is 6.18 Å². The van der Waals surface area contributed by atoms with Gasteiger partial charge in [-0.25, -0.2) is 0 Å². The zero-order valence-electron chi connectivity index (χ0n) is 13.8. The summed E-state index contributed by atoms with van der Waals surface area (Å²) in [6.07, 6.45) is -0.326. The molecule has 1 aliphatic rings. The Kier molecular flexibility index (Phi) is 8.85. The highest BCUT2D eigenvalue weighted by Crippen LogP contribution is 2.37. The van der Waals surface area contributed by atoms with Gasteiger partial charge in [-0.1, -0.05) is 37.8 Å². The van der Waals surface area contributed by atoms with Gasteiger partial charge in [0.25, 0.3) is 0 Å². The summed E-state index contributed by atoms with van der Waals surface area (Å²) in [5.74, 6) is 0. The van der Waals surface area contributed by atoms with Gasteiger partial charge in [-0.2, -0.15) is 13.2 Å². The van der Waals surface area contributed by atoms with Crippen LogP contribution in [0.5, 0.6) is 0 Å². The predicted octanol–water partition coefficient (Wildman–Crippen LogP) is 5.31. The van der Waals surface area contributed by atoms with E-state index in [1.165, 1.54) is 12.1 Å². The second-order valence-corrected chi connectivity index (χ2v) is 6.44. The van der Waals surface area contributed by atoms with Crippen LogP contribution < -0.4 is 5.32 Å². The van der Waals surface area contributed by atoms with Crippen LogP contribution in [-0.2, 0) is 6.18 Å². The minimum atomic E-state index is -4.34. The van der Waals surface area contributed by atoms with Crippen LogP contribution in [0.2, 0.25) is 5.02 Å². The smallest absolute Gasteiger partial charge is 0.314 e. The minimum absolute atomic E-state index is 0. The SMILES string of the molecule is CCCCC[C@@H](c1cc(C(F)(F)F)ccc1Cl)N1CCNCC1.Cl. The van der Waals surface area contributed by atoms with Gasteiger partial charge < -0.3 is 5.32 Å². The summed E-state index contributed by atoms with van der Waals surface area (Å²) < 4.78 is 39.1. The quantitative estimate of drug-likeness (QED) is 0.668. The highest BCUT2D eigenvalue weighted by Gasteiger charge is 2.32. The van der Waals surface area contributed by atoms with E-state index in [1.807, 2.05) is 0 Å². The molecule has 7 heteroatoms. The Morgan fingerprint density at radius 2 is 1.88 bits per heavy atom. The molecule has 2 nitrogen and oxygen atoms in total. The molecule has 1 saturated heterocycles. The van der Waals surface area contributed by atoms with Crippen molar-refractivity contribution in [3.8, 4) is 0 Å².